The smallest absolute Gasteiger partial charge is 0.253 e. The molecule has 2 rings (SSSR count). The number of halogens is 1. The average Bonchev–Trinajstić information content (AvgIpc) is 2.62. The molecule has 0 unspecified atom stereocenters. The van der Waals surface area contributed by atoms with Gasteiger partial charge >= 0.3 is 0 Å². The summed E-state index contributed by atoms with van der Waals surface area (Å²) in [7, 11) is 0. The zero-order chi connectivity index (χ0) is 18.9. The maximum atomic E-state index is 12.6. The number of carbonyl (C=O) groups is 2. The first kappa shape index (κ1) is 20.0. The van der Waals surface area contributed by atoms with Crippen molar-refractivity contribution in [3.63, 3.8) is 0 Å². The van der Waals surface area contributed by atoms with E-state index in [2.05, 4.69) is 24.5 Å². The summed E-state index contributed by atoms with van der Waals surface area (Å²) in [6, 6.07) is 15.9. The lowest BCUT2D eigenvalue weighted by atomic mass is 10.0. The second kappa shape index (κ2) is 9.97. The molecule has 0 spiro atoms. The lowest BCUT2D eigenvalue weighted by molar-refractivity contribution is -0.121. The third-order valence-corrected chi connectivity index (χ3v) is 4.39. The monoisotopic (exact) mass is 372 g/mol. The normalized spacial score (nSPS) is 11.8. The molecule has 5 heteroatoms. The topological polar surface area (TPSA) is 58.2 Å². The molecule has 2 aromatic carbocycles. The minimum atomic E-state index is -0.418. The third-order valence-electron chi connectivity index (χ3n) is 4.06. The average molecular weight is 373 g/mol. The summed E-state index contributed by atoms with van der Waals surface area (Å²) in [5.41, 5.74) is 1.28. The number of benzene rings is 2. The van der Waals surface area contributed by atoms with Gasteiger partial charge in [-0.25, -0.2) is 0 Å². The second-order valence-electron chi connectivity index (χ2n) is 6.65. The molecule has 26 heavy (non-hydrogen) atoms. The number of hydrogen-bond acceptors (Lipinski definition) is 2. The van der Waals surface area contributed by atoms with Gasteiger partial charge in [-0.2, -0.15) is 0 Å². The maximum Gasteiger partial charge on any atom is 0.253 e. The highest BCUT2D eigenvalue weighted by Crippen LogP contribution is 2.20. The third kappa shape index (κ3) is 6.19. The molecule has 0 saturated heterocycles. The predicted molar refractivity (Wildman–Crippen MR) is 105 cm³/mol. The molecule has 2 amide bonds. The Labute approximate surface area is 159 Å². The SMILES string of the molecule is CC(C)CCNC(=O)C[C@@H](NC(=O)c1ccccc1Cl)c1ccccc1. The molecule has 0 radical (unpaired) electrons. The molecule has 0 aliphatic heterocycles. The summed E-state index contributed by atoms with van der Waals surface area (Å²) in [4.78, 5) is 24.9. The maximum absolute atomic E-state index is 12.6. The van der Waals surface area contributed by atoms with E-state index in [0.717, 1.165) is 12.0 Å². The van der Waals surface area contributed by atoms with E-state index >= 15 is 0 Å². The van der Waals surface area contributed by atoms with Gasteiger partial charge in [-0.1, -0.05) is 67.9 Å². The molecular formula is C21H25ClN2O2. The van der Waals surface area contributed by atoms with E-state index in [-0.39, 0.29) is 18.2 Å². The van der Waals surface area contributed by atoms with Crippen molar-refractivity contribution in [1.82, 2.24) is 10.6 Å². The standard InChI is InChI=1S/C21H25ClN2O2/c1-15(2)12-13-23-20(25)14-19(16-8-4-3-5-9-16)24-21(26)17-10-6-7-11-18(17)22/h3-11,15,19H,12-14H2,1-2H3,(H,23,25)(H,24,26)/t19-/m1/s1. The van der Waals surface area contributed by atoms with Crippen LogP contribution in [0.1, 0.15) is 48.7 Å². The van der Waals surface area contributed by atoms with Gasteiger partial charge in [0.15, 0.2) is 0 Å². The zero-order valence-corrected chi connectivity index (χ0v) is 15.9. The van der Waals surface area contributed by atoms with E-state index in [1.54, 1.807) is 24.3 Å². The van der Waals surface area contributed by atoms with Crippen LogP contribution in [0.4, 0.5) is 0 Å². The van der Waals surface area contributed by atoms with Crippen molar-refractivity contribution in [2.75, 3.05) is 6.54 Å². The molecule has 0 saturated carbocycles. The summed E-state index contributed by atoms with van der Waals surface area (Å²) in [5.74, 6) is 0.151. The van der Waals surface area contributed by atoms with Crippen molar-refractivity contribution in [3.05, 3.63) is 70.7 Å². The van der Waals surface area contributed by atoms with Crippen molar-refractivity contribution in [2.45, 2.75) is 32.7 Å². The minimum absolute atomic E-state index is 0.0843. The van der Waals surface area contributed by atoms with E-state index in [1.807, 2.05) is 30.3 Å². The zero-order valence-electron chi connectivity index (χ0n) is 15.2. The molecule has 0 aromatic heterocycles. The number of carbonyl (C=O) groups excluding carboxylic acids is 2. The van der Waals surface area contributed by atoms with Gasteiger partial charge in [0, 0.05) is 6.54 Å². The van der Waals surface area contributed by atoms with Gasteiger partial charge in [0.2, 0.25) is 5.91 Å². The number of nitrogens with one attached hydrogen (secondary N) is 2. The summed E-state index contributed by atoms with van der Waals surface area (Å²) in [6.45, 7) is 4.86. The number of amides is 2. The van der Waals surface area contributed by atoms with Crippen LogP contribution in [0, 0.1) is 5.92 Å². The number of hydrogen-bond donors (Lipinski definition) is 2. The number of rotatable bonds is 8. The van der Waals surface area contributed by atoms with Crippen LogP contribution in [0.3, 0.4) is 0 Å². The lowest BCUT2D eigenvalue weighted by Gasteiger charge is -2.19. The Morgan fingerprint density at radius 3 is 2.31 bits per heavy atom. The van der Waals surface area contributed by atoms with Crippen molar-refractivity contribution in [2.24, 2.45) is 5.92 Å². The minimum Gasteiger partial charge on any atom is -0.356 e. The van der Waals surface area contributed by atoms with E-state index in [1.165, 1.54) is 0 Å². The van der Waals surface area contributed by atoms with Gasteiger partial charge in [-0.3, -0.25) is 9.59 Å². The van der Waals surface area contributed by atoms with Crippen molar-refractivity contribution in [1.29, 1.82) is 0 Å². The van der Waals surface area contributed by atoms with Gasteiger partial charge in [0.05, 0.1) is 23.0 Å². The molecule has 0 heterocycles. The fourth-order valence-electron chi connectivity index (χ4n) is 2.58. The van der Waals surface area contributed by atoms with Gasteiger partial charge in [-0.15, -0.1) is 0 Å². The van der Waals surface area contributed by atoms with Crippen LogP contribution in [-0.2, 0) is 4.79 Å². The fourth-order valence-corrected chi connectivity index (χ4v) is 2.80. The molecule has 2 aromatic rings. The Balaban J connectivity index is 2.08. The second-order valence-corrected chi connectivity index (χ2v) is 7.06. The molecule has 138 valence electrons. The molecule has 0 aliphatic carbocycles. The van der Waals surface area contributed by atoms with E-state index in [9.17, 15) is 9.59 Å². The first-order chi connectivity index (χ1) is 12.5. The molecule has 0 fully saturated rings. The van der Waals surface area contributed by atoms with Gasteiger partial charge < -0.3 is 10.6 Å². The van der Waals surface area contributed by atoms with Crippen LogP contribution in [0.2, 0.25) is 5.02 Å². The first-order valence-electron chi connectivity index (χ1n) is 8.84. The molecular weight excluding hydrogens is 348 g/mol. The highest BCUT2D eigenvalue weighted by molar-refractivity contribution is 6.33. The van der Waals surface area contributed by atoms with Crippen LogP contribution in [-0.4, -0.2) is 18.4 Å². The van der Waals surface area contributed by atoms with Crippen LogP contribution >= 0.6 is 11.6 Å². The van der Waals surface area contributed by atoms with Crippen LogP contribution in [0.25, 0.3) is 0 Å². The van der Waals surface area contributed by atoms with Crippen molar-refractivity contribution >= 4 is 23.4 Å². The molecule has 0 aliphatic rings. The lowest BCUT2D eigenvalue weighted by Crippen LogP contribution is -2.34. The summed E-state index contributed by atoms with van der Waals surface area (Å²) >= 11 is 6.11. The largest absolute Gasteiger partial charge is 0.356 e. The molecule has 4 nitrogen and oxygen atoms in total. The van der Waals surface area contributed by atoms with E-state index in [4.69, 9.17) is 11.6 Å². The molecule has 2 N–H and O–H groups in total. The van der Waals surface area contributed by atoms with Crippen molar-refractivity contribution in [3.8, 4) is 0 Å². The Morgan fingerprint density at radius 2 is 1.65 bits per heavy atom. The van der Waals surface area contributed by atoms with E-state index in [0.29, 0.717) is 23.0 Å². The van der Waals surface area contributed by atoms with E-state index < -0.39 is 6.04 Å². The van der Waals surface area contributed by atoms with Crippen LogP contribution in [0.15, 0.2) is 54.6 Å². The summed E-state index contributed by atoms with van der Waals surface area (Å²) in [5, 5.41) is 6.25. The fraction of sp³-hybridized carbons (Fsp3) is 0.333. The van der Waals surface area contributed by atoms with Crippen molar-refractivity contribution < 1.29 is 9.59 Å². The van der Waals surface area contributed by atoms with Gasteiger partial charge in [0.1, 0.15) is 0 Å². The highest BCUT2D eigenvalue weighted by atomic mass is 35.5. The Morgan fingerprint density at radius 1 is 1.00 bits per heavy atom. The Bertz CT molecular complexity index is 732. The first-order valence-corrected chi connectivity index (χ1v) is 9.22. The highest BCUT2D eigenvalue weighted by Gasteiger charge is 2.20. The molecule has 0 bridgehead atoms. The van der Waals surface area contributed by atoms with Crippen LogP contribution < -0.4 is 10.6 Å². The Hall–Kier alpha value is -2.33. The quantitative estimate of drug-likeness (QED) is 0.723. The van der Waals surface area contributed by atoms with Gasteiger partial charge in [0.25, 0.3) is 5.91 Å². The van der Waals surface area contributed by atoms with Gasteiger partial charge in [-0.05, 0) is 30.0 Å². The molecule has 1 atom stereocenters. The predicted octanol–water partition coefficient (Wildman–Crippen LogP) is 4.36. The summed E-state index contributed by atoms with van der Waals surface area (Å²) in [6.07, 6.45) is 1.10. The Kier molecular flexibility index (Phi) is 7.67. The summed E-state index contributed by atoms with van der Waals surface area (Å²) < 4.78 is 0. The van der Waals surface area contributed by atoms with Crippen LogP contribution in [0.5, 0.6) is 0 Å².